The van der Waals surface area contributed by atoms with Gasteiger partial charge in [0.05, 0.1) is 0 Å². The standard InChI is InChI=1S/C20H31N3OS/c1-3-15-24-19-11-7-9-17(16-19)22-20(25)21-12-8-14-23-13-6-5-10-18(23)4-2/h3,7,9,11,16,18H,1,4-6,8,10,12-15H2,2H3,(H2,21,22,25). The first-order chi connectivity index (χ1) is 12.2. The van der Waals surface area contributed by atoms with Crippen molar-refractivity contribution in [3.63, 3.8) is 0 Å². The Morgan fingerprint density at radius 3 is 3.12 bits per heavy atom. The molecule has 0 amide bonds. The monoisotopic (exact) mass is 361 g/mol. The number of ether oxygens (including phenoxy) is 1. The second kappa shape index (κ2) is 11.1. The van der Waals surface area contributed by atoms with Crippen molar-refractivity contribution in [2.24, 2.45) is 0 Å². The largest absolute Gasteiger partial charge is 0.489 e. The Bertz CT molecular complexity index is 549. The highest BCUT2D eigenvalue weighted by atomic mass is 32.1. The molecule has 25 heavy (non-hydrogen) atoms. The van der Waals surface area contributed by atoms with Crippen LogP contribution >= 0.6 is 12.2 Å². The molecule has 0 bridgehead atoms. The van der Waals surface area contributed by atoms with Crippen molar-refractivity contribution in [1.82, 2.24) is 10.2 Å². The van der Waals surface area contributed by atoms with Crippen LogP contribution < -0.4 is 15.4 Å². The summed E-state index contributed by atoms with van der Waals surface area (Å²) in [5, 5.41) is 7.18. The zero-order valence-corrected chi connectivity index (χ0v) is 16.1. The van der Waals surface area contributed by atoms with E-state index >= 15 is 0 Å². The molecule has 5 heteroatoms. The summed E-state index contributed by atoms with van der Waals surface area (Å²) in [5.74, 6) is 0.809. The van der Waals surface area contributed by atoms with Crippen molar-refractivity contribution >= 4 is 23.0 Å². The van der Waals surface area contributed by atoms with Crippen LogP contribution in [0.1, 0.15) is 39.0 Å². The fraction of sp³-hybridized carbons (Fsp3) is 0.550. The molecule has 0 spiro atoms. The number of rotatable bonds is 9. The van der Waals surface area contributed by atoms with E-state index in [1.807, 2.05) is 24.3 Å². The number of hydrogen-bond donors (Lipinski definition) is 2. The van der Waals surface area contributed by atoms with Gasteiger partial charge in [0.15, 0.2) is 5.11 Å². The summed E-state index contributed by atoms with van der Waals surface area (Å²) < 4.78 is 5.54. The van der Waals surface area contributed by atoms with Crippen LogP contribution in [0, 0.1) is 0 Å². The van der Waals surface area contributed by atoms with E-state index in [0.717, 1.165) is 37.0 Å². The normalized spacial score (nSPS) is 17.7. The lowest BCUT2D eigenvalue weighted by atomic mass is 10.00. The van der Waals surface area contributed by atoms with Gasteiger partial charge in [0.25, 0.3) is 0 Å². The van der Waals surface area contributed by atoms with E-state index in [4.69, 9.17) is 17.0 Å². The maximum Gasteiger partial charge on any atom is 0.170 e. The highest BCUT2D eigenvalue weighted by Gasteiger charge is 2.19. The first-order valence-corrected chi connectivity index (χ1v) is 9.76. The van der Waals surface area contributed by atoms with E-state index in [9.17, 15) is 0 Å². The average molecular weight is 362 g/mol. The third kappa shape index (κ3) is 7.04. The summed E-state index contributed by atoms with van der Waals surface area (Å²) in [6.07, 6.45) is 8.19. The third-order valence-corrected chi connectivity index (χ3v) is 4.83. The first-order valence-electron chi connectivity index (χ1n) is 9.35. The minimum absolute atomic E-state index is 0.501. The SMILES string of the molecule is C=CCOc1cccc(NC(=S)NCCCN2CCCCC2CC)c1. The number of likely N-dealkylation sites (tertiary alicyclic amines) is 1. The quantitative estimate of drug-likeness (QED) is 0.392. The van der Waals surface area contributed by atoms with E-state index in [1.165, 1.54) is 32.2 Å². The number of nitrogens with one attached hydrogen (secondary N) is 2. The van der Waals surface area contributed by atoms with Crippen LogP contribution in [0.3, 0.4) is 0 Å². The molecule has 1 atom stereocenters. The Morgan fingerprint density at radius 1 is 1.44 bits per heavy atom. The molecular weight excluding hydrogens is 330 g/mol. The minimum atomic E-state index is 0.501. The van der Waals surface area contributed by atoms with Crippen molar-refractivity contribution in [3.05, 3.63) is 36.9 Å². The molecule has 138 valence electrons. The van der Waals surface area contributed by atoms with E-state index in [0.29, 0.717) is 11.7 Å². The van der Waals surface area contributed by atoms with Crippen molar-refractivity contribution in [1.29, 1.82) is 0 Å². The van der Waals surface area contributed by atoms with Crippen molar-refractivity contribution in [2.45, 2.75) is 45.1 Å². The van der Waals surface area contributed by atoms with Gasteiger partial charge < -0.3 is 20.3 Å². The van der Waals surface area contributed by atoms with Crippen molar-refractivity contribution in [3.8, 4) is 5.75 Å². The third-order valence-electron chi connectivity index (χ3n) is 4.59. The maximum absolute atomic E-state index is 5.54. The van der Waals surface area contributed by atoms with Gasteiger partial charge in [-0.05, 0) is 56.6 Å². The van der Waals surface area contributed by atoms with Gasteiger partial charge in [0, 0.05) is 30.9 Å². The van der Waals surface area contributed by atoms with E-state index in [2.05, 4.69) is 29.0 Å². The fourth-order valence-electron chi connectivity index (χ4n) is 3.29. The molecule has 0 aliphatic carbocycles. The van der Waals surface area contributed by atoms with Crippen LogP contribution in [0.4, 0.5) is 5.69 Å². The molecule has 0 aromatic heterocycles. The number of hydrogen-bond acceptors (Lipinski definition) is 3. The van der Waals surface area contributed by atoms with E-state index in [1.54, 1.807) is 6.08 Å². The molecule has 1 aliphatic heterocycles. The molecule has 0 saturated carbocycles. The molecule has 0 radical (unpaired) electrons. The van der Waals surface area contributed by atoms with Gasteiger partial charge in [-0.1, -0.05) is 32.1 Å². The highest BCUT2D eigenvalue weighted by Crippen LogP contribution is 2.19. The fourth-order valence-corrected chi connectivity index (χ4v) is 3.51. The van der Waals surface area contributed by atoms with E-state index < -0.39 is 0 Å². The Kier molecular flexibility index (Phi) is 8.77. The number of benzene rings is 1. The minimum Gasteiger partial charge on any atom is -0.489 e. The maximum atomic E-state index is 5.54. The van der Waals surface area contributed by atoms with Gasteiger partial charge in [0.1, 0.15) is 12.4 Å². The summed E-state index contributed by atoms with van der Waals surface area (Å²) in [5.41, 5.74) is 0.932. The van der Waals surface area contributed by atoms with E-state index in [-0.39, 0.29) is 0 Å². The number of thiocarbonyl (C=S) groups is 1. The summed E-state index contributed by atoms with van der Waals surface area (Å²) in [4.78, 5) is 2.64. The molecule has 1 aliphatic rings. The van der Waals surface area contributed by atoms with Crippen LogP contribution in [0.5, 0.6) is 5.75 Å². The smallest absolute Gasteiger partial charge is 0.170 e. The van der Waals surface area contributed by atoms with Crippen LogP contribution in [0.25, 0.3) is 0 Å². The summed E-state index contributed by atoms with van der Waals surface area (Å²) in [6.45, 7) is 9.75. The molecule has 1 aromatic carbocycles. The molecule has 1 fully saturated rings. The van der Waals surface area contributed by atoms with Gasteiger partial charge in [-0.3, -0.25) is 0 Å². The lowest BCUT2D eigenvalue weighted by Crippen LogP contribution is -2.40. The lowest BCUT2D eigenvalue weighted by Gasteiger charge is -2.35. The van der Waals surface area contributed by atoms with Crippen molar-refractivity contribution < 1.29 is 4.74 Å². The molecule has 4 nitrogen and oxygen atoms in total. The second-order valence-corrected chi connectivity index (χ2v) is 6.86. The zero-order chi connectivity index (χ0) is 17.9. The molecule has 1 heterocycles. The summed E-state index contributed by atoms with van der Waals surface area (Å²) >= 11 is 5.39. The molecule has 1 unspecified atom stereocenters. The average Bonchev–Trinajstić information content (AvgIpc) is 2.64. The predicted molar refractivity (Wildman–Crippen MR) is 110 cm³/mol. The Balaban J connectivity index is 1.67. The first kappa shape index (κ1) is 19.7. The molecular formula is C20H31N3OS. The highest BCUT2D eigenvalue weighted by molar-refractivity contribution is 7.80. The second-order valence-electron chi connectivity index (χ2n) is 6.46. The Labute approximate surface area is 157 Å². The summed E-state index contributed by atoms with van der Waals surface area (Å²) in [6, 6.07) is 8.57. The topological polar surface area (TPSA) is 36.5 Å². The number of piperidine rings is 1. The number of anilines is 1. The summed E-state index contributed by atoms with van der Waals surface area (Å²) in [7, 11) is 0. The van der Waals surface area contributed by atoms with Crippen LogP contribution in [-0.4, -0.2) is 42.3 Å². The van der Waals surface area contributed by atoms with Crippen LogP contribution in [0.2, 0.25) is 0 Å². The van der Waals surface area contributed by atoms with Gasteiger partial charge >= 0.3 is 0 Å². The zero-order valence-electron chi connectivity index (χ0n) is 15.3. The Morgan fingerprint density at radius 2 is 2.32 bits per heavy atom. The molecule has 2 rings (SSSR count). The van der Waals surface area contributed by atoms with Gasteiger partial charge in [-0.25, -0.2) is 0 Å². The molecule has 1 saturated heterocycles. The van der Waals surface area contributed by atoms with Gasteiger partial charge in [-0.15, -0.1) is 0 Å². The predicted octanol–water partition coefficient (Wildman–Crippen LogP) is 4.19. The van der Waals surface area contributed by atoms with Crippen LogP contribution in [0.15, 0.2) is 36.9 Å². The molecule has 1 aromatic rings. The lowest BCUT2D eigenvalue weighted by molar-refractivity contribution is 0.143. The van der Waals surface area contributed by atoms with Gasteiger partial charge in [0.2, 0.25) is 0 Å². The Hall–Kier alpha value is -1.59. The number of nitrogens with zero attached hydrogens (tertiary/aromatic N) is 1. The van der Waals surface area contributed by atoms with Crippen molar-refractivity contribution in [2.75, 3.05) is 31.6 Å². The van der Waals surface area contributed by atoms with Gasteiger partial charge in [-0.2, -0.15) is 0 Å². The molecule has 2 N–H and O–H groups in total. The van der Waals surface area contributed by atoms with Crippen LogP contribution in [-0.2, 0) is 0 Å².